The van der Waals surface area contributed by atoms with Crippen molar-refractivity contribution in [3.63, 3.8) is 0 Å². The summed E-state index contributed by atoms with van der Waals surface area (Å²) in [6, 6.07) is 14.6. The van der Waals surface area contributed by atoms with Gasteiger partial charge in [0.1, 0.15) is 5.82 Å². The second-order valence-corrected chi connectivity index (χ2v) is 6.00. The topological polar surface area (TPSA) is 71.1 Å². The van der Waals surface area contributed by atoms with Crippen molar-refractivity contribution in [2.24, 2.45) is 0 Å². The van der Waals surface area contributed by atoms with Crippen LogP contribution < -0.4 is 10.6 Å². The predicted molar refractivity (Wildman–Crippen MR) is 94.9 cm³/mol. The van der Waals surface area contributed by atoms with Crippen molar-refractivity contribution in [1.29, 1.82) is 0 Å². The number of nitrogens with zero attached hydrogens (tertiary/aromatic N) is 1. The zero-order chi connectivity index (χ0) is 17.6. The molecule has 2 amide bonds. The molecule has 2 aromatic carbocycles. The maximum Gasteiger partial charge on any atom is 0.251 e. The third-order valence-corrected chi connectivity index (χ3v) is 4.09. The normalized spacial score (nSPS) is 10.3. The quantitative estimate of drug-likeness (QED) is 0.738. The molecule has 0 saturated heterocycles. The number of rotatable bonds is 5. The number of carbonyl (C=O) groups is 2. The van der Waals surface area contributed by atoms with E-state index in [-0.39, 0.29) is 24.2 Å². The van der Waals surface area contributed by atoms with Crippen molar-refractivity contribution in [3.8, 4) is 11.3 Å². The summed E-state index contributed by atoms with van der Waals surface area (Å²) in [5.74, 6) is -1.01. The molecule has 25 heavy (non-hydrogen) atoms. The van der Waals surface area contributed by atoms with Crippen LogP contribution in [0.4, 0.5) is 9.52 Å². The summed E-state index contributed by atoms with van der Waals surface area (Å²) in [6.45, 7) is -0.154. The lowest BCUT2D eigenvalue weighted by molar-refractivity contribution is -0.115. The first-order valence-electron chi connectivity index (χ1n) is 7.46. The van der Waals surface area contributed by atoms with Crippen LogP contribution >= 0.6 is 11.3 Å². The van der Waals surface area contributed by atoms with Gasteiger partial charge in [-0.15, -0.1) is 11.3 Å². The number of amides is 2. The van der Waals surface area contributed by atoms with Crippen LogP contribution in [0.5, 0.6) is 0 Å². The SMILES string of the molecule is O=C(CNC(=O)c1ccccc1)Nc1nc(-c2ccc(F)cc2)cs1. The summed E-state index contributed by atoms with van der Waals surface area (Å²) in [7, 11) is 0. The van der Waals surface area contributed by atoms with Crippen molar-refractivity contribution in [3.05, 3.63) is 71.4 Å². The van der Waals surface area contributed by atoms with E-state index in [4.69, 9.17) is 0 Å². The van der Waals surface area contributed by atoms with Gasteiger partial charge in [0.15, 0.2) is 5.13 Å². The lowest BCUT2D eigenvalue weighted by Crippen LogP contribution is -2.32. The van der Waals surface area contributed by atoms with E-state index in [1.54, 1.807) is 41.8 Å². The van der Waals surface area contributed by atoms with Crippen molar-refractivity contribution in [2.75, 3.05) is 11.9 Å². The molecular formula is C18H14FN3O2S. The van der Waals surface area contributed by atoms with Gasteiger partial charge in [-0.05, 0) is 36.4 Å². The second kappa shape index (κ2) is 7.67. The van der Waals surface area contributed by atoms with Crippen molar-refractivity contribution >= 4 is 28.3 Å². The standard InChI is InChI=1S/C18H14FN3O2S/c19-14-8-6-12(7-9-14)15-11-25-18(21-15)22-16(23)10-20-17(24)13-4-2-1-3-5-13/h1-9,11H,10H2,(H,20,24)(H,21,22,23). The lowest BCUT2D eigenvalue weighted by Gasteiger charge is -2.05. The van der Waals surface area contributed by atoms with Gasteiger partial charge in [-0.3, -0.25) is 9.59 Å². The summed E-state index contributed by atoms with van der Waals surface area (Å²) in [4.78, 5) is 28.1. The number of benzene rings is 2. The number of aromatic nitrogens is 1. The Hall–Kier alpha value is -3.06. The Balaban J connectivity index is 1.55. The highest BCUT2D eigenvalue weighted by Crippen LogP contribution is 2.24. The largest absolute Gasteiger partial charge is 0.343 e. The van der Waals surface area contributed by atoms with Gasteiger partial charge in [0, 0.05) is 16.5 Å². The molecule has 1 aromatic heterocycles. The monoisotopic (exact) mass is 355 g/mol. The molecule has 0 aliphatic rings. The fraction of sp³-hybridized carbons (Fsp3) is 0.0556. The molecule has 0 saturated carbocycles. The number of halogens is 1. The fourth-order valence-electron chi connectivity index (χ4n) is 2.10. The third-order valence-electron chi connectivity index (χ3n) is 3.34. The van der Waals surface area contributed by atoms with Gasteiger partial charge >= 0.3 is 0 Å². The highest BCUT2D eigenvalue weighted by Gasteiger charge is 2.10. The van der Waals surface area contributed by atoms with Gasteiger partial charge < -0.3 is 10.6 Å². The minimum Gasteiger partial charge on any atom is -0.343 e. The first kappa shape index (κ1) is 16.8. The summed E-state index contributed by atoms with van der Waals surface area (Å²) < 4.78 is 12.9. The van der Waals surface area contributed by atoms with Gasteiger partial charge in [-0.25, -0.2) is 9.37 Å². The van der Waals surface area contributed by atoms with Crippen LogP contribution in [0.2, 0.25) is 0 Å². The predicted octanol–water partition coefficient (Wildman–Crippen LogP) is 3.32. The van der Waals surface area contributed by atoms with E-state index in [9.17, 15) is 14.0 Å². The zero-order valence-electron chi connectivity index (χ0n) is 13.0. The minimum atomic E-state index is -0.371. The molecule has 0 unspecified atom stereocenters. The highest BCUT2D eigenvalue weighted by atomic mass is 32.1. The van der Waals surface area contributed by atoms with E-state index in [1.807, 2.05) is 6.07 Å². The van der Waals surface area contributed by atoms with Gasteiger partial charge in [0.05, 0.1) is 12.2 Å². The molecule has 0 bridgehead atoms. The van der Waals surface area contributed by atoms with E-state index in [2.05, 4.69) is 15.6 Å². The van der Waals surface area contributed by atoms with Gasteiger partial charge in [0.2, 0.25) is 5.91 Å². The van der Waals surface area contributed by atoms with Crippen LogP contribution in [0.1, 0.15) is 10.4 Å². The number of hydrogen-bond acceptors (Lipinski definition) is 4. The molecular weight excluding hydrogens is 341 g/mol. The average Bonchev–Trinajstić information content (AvgIpc) is 3.09. The Morgan fingerprint density at radius 3 is 2.48 bits per heavy atom. The molecule has 7 heteroatoms. The number of hydrogen-bond donors (Lipinski definition) is 2. The fourth-order valence-corrected chi connectivity index (χ4v) is 2.84. The summed E-state index contributed by atoms with van der Waals surface area (Å²) in [5, 5.41) is 7.36. The van der Waals surface area contributed by atoms with Gasteiger partial charge in [0.25, 0.3) is 5.91 Å². The molecule has 0 radical (unpaired) electrons. The van der Waals surface area contributed by atoms with Crippen LogP contribution in [-0.4, -0.2) is 23.3 Å². The third kappa shape index (κ3) is 4.48. The lowest BCUT2D eigenvalue weighted by atomic mass is 10.2. The van der Waals surface area contributed by atoms with E-state index in [0.29, 0.717) is 16.4 Å². The first-order valence-corrected chi connectivity index (χ1v) is 8.34. The Bertz CT molecular complexity index is 879. The second-order valence-electron chi connectivity index (χ2n) is 5.14. The van der Waals surface area contributed by atoms with Crippen LogP contribution in [0, 0.1) is 5.82 Å². The molecule has 0 aliphatic heterocycles. The first-order chi connectivity index (χ1) is 12.1. The summed E-state index contributed by atoms with van der Waals surface area (Å²) in [5.41, 5.74) is 1.90. The number of thiazole rings is 1. The smallest absolute Gasteiger partial charge is 0.251 e. The zero-order valence-corrected chi connectivity index (χ0v) is 13.8. The molecule has 126 valence electrons. The molecule has 5 nitrogen and oxygen atoms in total. The molecule has 0 fully saturated rings. The van der Waals surface area contributed by atoms with Gasteiger partial charge in [-0.1, -0.05) is 18.2 Å². The van der Waals surface area contributed by atoms with Crippen LogP contribution in [0.3, 0.4) is 0 Å². The maximum atomic E-state index is 12.9. The summed E-state index contributed by atoms with van der Waals surface area (Å²) in [6.07, 6.45) is 0. The Labute approximate surface area is 147 Å². The van der Waals surface area contributed by atoms with Crippen LogP contribution in [0.25, 0.3) is 11.3 Å². The maximum absolute atomic E-state index is 12.9. The van der Waals surface area contributed by atoms with Crippen LogP contribution in [-0.2, 0) is 4.79 Å². The molecule has 1 heterocycles. The molecule has 0 atom stereocenters. The highest BCUT2D eigenvalue weighted by molar-refractivity contribution is 7.14. The average molecular weight is 355 g/mol. The molecule has 3 aromatic rings. The summed E-state index contributed by atoms with van der Waals surface area (Å²) >= 11 is 1.26. The van der Waals surface area contributed by atoms with E-state index >= 15 is 0 Å². The number of nitrogens with one attached hydrogen (secondary N) is 2. The van der Waals surface area contributed by atoms with E-state index < -0.39 is 0 Å². The minimum absolute atomic E-state index is 0.154. The number of carbonyl (C=O) groups excluding carboxylic acids is 2. The van der Waals surface area contributed by atoms with Crippen molar-refractivity contribution < 1.29 is 14.0 Å². The van der Waals surface area contributed by atoms with Crippen LogP contribution in [0.15, 0.2) is 60.0 Å². The molecule has 0 aliphatic carbocycles. The molecule has 0 spiro atoms. The van der Waals surface area contributed by atoms with Gasteiger partial charge in [-0.2, -0.15) is 0 Å². The van der Waals surface area contributed by atoms with Crippen molar-refractivity contribution in [1.82, 2.24) is 10.3 Å². The Morgan fingerprint density at radius 1 is 1.04 bits per heavy atom. The van der Waals surface area contributed by atoms with E-state index in [1.165, 1.54) is 23.5 Å². The van der Waals surface area contributed by atoms with Crippen molar-refractivity contribution in [2.45, 2.75) is 0 Å². The molecule has 2 N–H and O–H groups in total. The molecule has 3 rings (SSSR count). The number of anilines is 1. The Kier molecular flexibility index (Phi) is 5.15. The Morgan fingerprint density at radius 2 is 1.76 bits per heavy atom. The van der Waals surface area contributed by atoms with E-state index in [0.717, 1.165) is 5.56 Å².